The molecule has 0 amide bonds. The Morgan fingerprint density at radius 2 is 1.83 bits per heavy atom. The fourth-order valence-electron chi connectivity index (χ4n) is 2.74. The normalized spacial score (nSPS) is 11.8. The summed E-state index contributed by atoms with van der Waals surface area (Å²) in [4.78, 5) is 19.3. The molecule has 24 heavy (non-hydrogen) atoms. The van der Waals surface area contributed by atoms with Gasteiger partial charge in [-0.2, -0.15) is 0 Å². The lowest BCUT2D eigenvalue weighted by Crippen LogP contribution is -2.38. The molecule has 1 aromatic rings. The molecule has 0 atom stereocenters. The molecule has 0 saturated carbocycles. The molecule has 1 aromatic heterocycles. The lowest BCUT2D eigenvalue weighted by Gasteiger charge is -2.25. The van der Waals surface area contributed by atoms with E-state index in [0.717, 1.165) is 56.7 Å². The molecule has 6 heteroatoms. The minimum atomic E-state index is -0.183. The van der Waals surface area contributed by atoms with E-state index in [4.69, 9.17) is 0 Å². The van der Waals surface area contributed by atoms with Crippen LogP contribution in [0.4, 0.5) is 0 Å². The first kappa shape index (κ1) is 20.3. The molecule has 0 fully saturated rings. The molecule has 1 heterocycles. The summed E-state index contributed by atoms with van der Waals surface area (Å²) in [5, 5.41) is 10.5. The minimum absolute atomic E-state index is 0.183. The van der Waals surface area contributed by atoms with Crippen LogP contribution in [0.15, 0.2) is 9.79 Å². The van der Waals surface area contributed by atoms with E-state index in [1.54, 1.807) is 0 Å². The average molecular weight is 335 g/mol. The van der Waals surface area contributed by atoms with Crippen molar-refractivity contribution in [3.8, 4) is 0 Å². The molecule has 0 aromatic carbocycles. The Bertz CT molecular complexity index is 553. The van der Waals surface area contributed by atoms with Gasteiger partial charge >= 0.3 is 0 Å². The zero-order chi connectivity index (χ0) is 17.8. The number of aromatic nitrogens is 3. The maximum Gasteiger partial charge on any atom is 0.278 e. The van der Waals surface area contributed by atoms with Gasteiger partial charge in [0.25, 0.3) is 5.56 Å². The van der Waals surface area contributed by atoms with Crippen LogP contribution in [-0.4, -0.2) is 45.8 Å². The Morgan fingerprint density at radius 1 is 1.08 bits per heavy atom. The van der Waals surface area contributed by atoms with Crippen molar-refractivity contribution in [2.24, 2.45) is 4.99 Å². The van der Waals surface area contributed by atoms with Gasteiger partial charge in [0.2, 0.25) is 0 Å². The molecule has 0 spiro atoms. The van der Waals surface area contributed by atoms with Crippen LogP contribution in [0.5, 0.6) is 0 Å². The summed E-state index contributed by atoms with van der Waals surface area (Å²) in [6, 6.07) is 0. The molecule has 1 N–H and O–H groups in total. The molecular formula is C18H33N5O. The van der Waals surface area contributed by atoms with Crippen molar-refractivity contribution in [2.75, 3.05) is 19.6 Å². The van der Waals surface area contributed by atoms with Gasteiger partial charge < -0.3 is 4.90 Å². The van der Waals surface area contributed by atoms with Crippen LogP contribution in [0.25, 0.3) is 0 Å². The summed E-state index contributed by atoms with van der Waals surface area (Å²) in [7, 11) is 0. The first-order valence-electron chi connectivity index (χ1n) is 9.43. The largest absolute Gasteiger partial charge is 0.356 e. The van der Waals surface area contributed by atoms with Gasteiger partial charge in [-0.1, -0.05) is 44.7 Å². The number of H-pyrrole nitrogens is 1. The van der Waals surface area contributed by atoms with Gasteiger partial charge in [0.1, 0.15) is 11.4 Å². The van der Waals surface area contributed by atoms with Crippen LogP contribution in [0, 0.1) is 0 Å². The fraction of sp³-hybridized carbons (Fsp3) is 0.778. The first-order valence-corrected chi connectivity index (χ1v) is 9.43. The average Bonchev–Trinajstić information content (AvgIpc) is 2.59. The van der Waals surface area contributed by atoms with Crippen molar-refractivity contribution in [3.63, 3.8) is 0 Å². The molecule has 0 radical (unpaired) electrons. The molecule has 0 bridgehead atoms. The van der Waals surface area contributed by atoms with E-state index < -0.39 is 0 Å². The number of hydrogen-bond donors (Lipinski definition) is 1. The van der Waals surface area contributed by atoms with Gasteiger partial charge in [-0.3, -0.25) is 9.79 Å². The number of rotatable bonds is 11. The number of aliphatic imine (C=N–C) groups is 1. The highest BCUT2D eigenvalue weighted by atomic mass is 16.1. The van der Waals surface area contributed by atoms with Gasteiger partial charge in [0, 0.05) is 19.6 Å². The van der Waals surface area contributed by atoms with E-state index in [2.05, 4.69) is 46.1 Å². The molecule has 6 nitrogen and oxygen atoms in total. The molecule has 0 aliphatic carbocycles. The van der Waals surface area contributed by atoms with Gasteiger partial charge in [-0.15, -0.1) is 5.10 Å². The smallest absolute Gasteiger partial charge is 0.278 e. The van der Waals surface area contributed by atoms with Crippen molar-refractivity contribution in [1.29, 1.82) is 0 Å². The quantitative estimate of drug-likeness (QED) is 0.383. The zero-order valence-corrected chi connectivity index (χ0v) is 15.8. The Labute approximate surface area is 145 Å². The second-order valence-corrected chi connectivity index (χ2v) is 6.00. The summed E-state index contributed by atoms with van der Waals surface area (Å²) >= 11 is 0. The van der Waals surface area contributed by atoms with E-state index in [1.165, 1.54) is 12.8 Å². The Hall–Kier alpha value is -1.72. The molecule has 136 valence electrons. The molecule has 0 unspecified atom stereocenters. The zero-order valence-electron chi connectivity index (χ0n) is 15.8. The minimum Gasteiger partial charge on any atom is -0.356 e. The van der Waals surface area contributed by atoms with Crippen LogP contribution in [0.1, 0.15) is 77.5 Å². The molecule has 1 rings (SSSR count). The summed E-state index contributed by atoms with van der Waals surface area (Å²) in [5.74, 6) is 0.773. The third-order valence-corrected chi connectivity index (χ3v) is 4.10. The summed E-state index contributed by atoms with van der Waals surface area (Å²) in [6.45, 7) is 10.8. The molecule has 0 aliphatic rings. The highest BCUT2D eigenvalue weighted by molar-refractivity contribution is 5.99. The van der Waals surface area contributed by atoms with Crippen LogP contribution in [-0.2, 0) is 6.42 Å². The van der Waals surface area contributed by atoms with Gasteiger partial charge in [0.15, 0.2) is 0 Å². The lowest BCUT2D eigenvalue weighted by atomic mass is 10.1. The highest BCUT2D eigenvalue weighted by Gasteiger charge is 2.20. The Kier molecular flexibility index (Phi) is 9.96. The third kappa shape index (κ3) is 6.06. The van der Waals surface area contributed by atoms with E-state index in [1.807, 2.05) is 6.92 Å². The summed E-state index contributed by atoms with van der Waals surface area (Å²) in [6.07, 6.45) is 7.55. The Morgan fingerprint density at radius 3 is 2.46 bits per heavy atom. The standard InChI is InChI=1S/C18H33N5O/c1-5-9-11-12-13-15-16(18(24)21-22-20-15)17(19-7-3)23(8-4)14-10-6-2/h5-14H2,1-4H3,(H,20,21,24). The highest BCUT2D eigenvalue weighted by Crippen LogP contribution is 2.11. The maximum absolute atomic E-state index is 12.5. The van der Waals surface area contributed by atoms with Crippen molar-refractivity contribution in [2.45, 2.75) is 72.6 Å². The topological polar surface area (TPSA) is 74.2 Å². The SMILES string of the molecule is CCCCCCc1nn[nH]c(=O)c1C(=NCC)N(CC)CCCC. The number of hydrogen-bond acceptors (Lipinski definition) is 4. The number of aryl methyl sites for hydroxylation is 1. The maximum atomic E-state index is 12.5. The van der Waals surface area contributed by atoms with Crippen LogP contribution >= 0.6 is 0 Å². The fourth-order valence-corrected chi connectivity index (χ4v) is 2.74. The Balaban J connectivity index is 3.12. The molecular weight excluding hydrogens is 302 g/mol. The van der Waals surface area contributed by atoms with E-state index >= 15 is 0 Å². The van der Waals surface area contributed by atoms with Crippen molar-refractivity contribution in [3.05, 3.63) is 21.6 Å². The summed E-state index contributed by atoms with van der Waals surface area (Å²) in [5.41, 5.74) is 1.20. The second kappa shape index (κ2) is 11.8. The predicted molar refractivity (Wildman–Crippen MR) is 99.7 cm³/mol. The van der Waals surface area contributed by atoms with Crippen LogP contribution < -0.4 is 5.56 Å². The number of nitrogens with one attached hydrogen (secondary N) is 1. The van der Waals surface area contributed by atoms with Gasteiger partial charge in [0.05, 0.1) is 5.69 Å². The van der Waals surface area contributed by atoms with Gasteiger partial charge in [-0.05, 0) is 33.1 Å². The van der Waals surface area contributed by atoms with Crippen LogP contribution in [0.2, 0.25) is 0 Å². The van der Waals surface area contributed by atoms with E-state index in [0.29, 0.717) is 12.1 Å². The predicted octanol–water partition coefficient (Wildman–Crippen LogP) is 3.18. The van der Waals surface area contributed by atoms with Crippen molar-refractivity contribution >= 4 is 5.84 Å². The van der Waals surface area contributed by atoms with E-state index in [9.17, 15) is 4.79 Å². The lowest BCUT2D eigenvalue weighted by molar-refractivity contribution is 0.426. The number of aromatic amines is 1. The number of unbranched alkanes of at least 4 members (excludes halogenated alkanes) is 4. The molecule has 0 aliphatic heterocycles. The van der Waals surface area contributed by atoms with E-state index in [-0.39, 0.29) is 5.56 Å². The van der Waals surface area contributed by atoms with Crippen LogP contribution in [0.3, 0.4) is 0 Å². The number of nitrogens with zero attached hydrogens (tertiary/aromatic N) is 4. The summed E-state index contributed by atoms with van der Waals surface area (Å²) < 4.78 is 0. The monoisotopic (exact) mass is 335 g/mol. The third-order valence-electron chi connectivity index (χ3n) is 4.10. The van der Waals surface area contributed by atoms with Crippen molar-refractivity contribution < 1.29 is 0 Å². The molecule has 0 saturated heterocycles. The van der Waals surface area contributed by atoms with Crippen molar-refractivity contribution in [1.82, 2.24) is 20.3 Å². The van der Waals surface area contributed by atoms with Gasteiger partial charge in [-0.25, -0.2) is 5.10 Å². The number of amidine groups is 1. The first-order chi connectivity index (χ1) is 11.7. The second-order valence-electron chi connectivity index (χ2n) is 6.00.